The maximum Gasteiger partial charge on any atom is 0.0362 e. The van der Waals surface area contributed by atoms with E-state index in [9.17, 15) is 0 Å². The van der Waals surface area contributed by atoms with Gasteiger partial charge in [-0.15, -0.1) is 0 Å². The van der Waals surface area contributed by atoms with Gasteiger partial charge in [0.2, 0.25) is 0 Å². The summed E-state index contributed by atoms with van der Waals surface area (Å²) >= 11 is 0. The van der Waals surface area contributed by atoms with Gasteiger partial charge in [-0.3, -0.25) is 0 Å². The molecule has 0 aliphatic heterocycles. The Hall–Kier alpha value is -0.980. The first-order valence-electron chi connectivity index (χ1n) is 5.50. The summed E-state index contributed by atoms with van der Waals surface area (Å²) in [5.41, 5.74) is 1.27. The average molecular weight is 193 g/mol. The molecule has 80 valence electrons. The van der Waals surface area contributed by atoms with Crippen LogP contribution >= 0.6 is 0 Å². The van der Waals surface area contributed by atoms with Crippen molar-refractivity contribution in [3.63, 3.8) is 0 Å². The van der Waals surface area contributed by atoms with E-state index in [1.807, 2.05) is 13.0 Å². The predicted octanol–water partition coefficient (Wildman–Crippen LogP) is 3.75. The molecule has 0 heterocycles. The summed E-state index contributed by atoms with van der Waals surface area (Å²) in [4.78, 5) is 2.40. The number of hydrogen-bond donors (Lipinski definition) is 0. The second kappa shape index (κ2) is 8.61. The van der Waals surface area contributed by atoms with Crippen LogP contribution in [0, 0.1) is 0 Å². The van der Waals surface area contributed by atoms with Crippen molar-refractivity contribution < 1.29 is 0 Å². The van der Waals surface area contributed by atoms with Crippen LogP contribution in [0.15, 0.2) is 36.6 Å². The van der Waals surface area contributed by atoms with Crippen LogP contribution in [-0.4, -0.2) is 18.0 Å². The molecule has 0 N–H and O–H groups in total. The fraction of sp³-hybridized carbons (Fsp3) is 0.538. The first-order valence-corrected chi connectivity index (χ1v) is 5.50. The van der Waals surface area contributed by atoms with Crippen LogP contribution in [0.2, 0.25) is 0 Å². The summed E-state index contributed by atoms with van der Waals surface area (Å²) in [6, 6.07) is 0. The molecule has 1 heteroatoms. The number of rotatable bonds is 7. The Morgan fingerprint density at radius 3 is 2.14 bits per heavy atom. The molecule has 0 rings (SSSR count). The van der Waals surface area contributed by atoms with Crippen molar-refractivity contribution in [2.24, 2.45) is 0 Å². The van der Waals surface area contributed by atoms with Gasteiger partial charge in [0.25, 0.3) is 0 Å². The predicted molar refractivity (Wildman–Crippen MR) is 65.2 cm³/mol. The van der Waals surface area contributed by atoms with Crippen LogP contribution in [0.4, 0.5) is 0 Å². The summed E-state index contributed by atoms with van der Waals surface area (Å²) in [5.74, 6) is 0. The van der Waals surface area contributed by atoms with Crippen molar-refractivity contribution in [2.75, 3.05) is 13.1 Å². The minimum atomic E-state index is 1.12. The molecule has 0 radical (unpaired) electrons. The van der Waals surface area contributed by atoms with Gasteiger partial charge in [0, 0.05) is 18.8 Å². The van der Waals surface area contributed by atoms with Crippen molar-refractivity contribution in [3.05, 3.63) is 36.6 Å². The van der Waals surface area contributed by atoms with Crippen LogP contribution in [0.1, 0.15) is 33.6 Å². The van der Waals surface area contributed by atoms with Crippen LogP contribution in [0.3, 0.4) is 0 Å². The summed E-state index contributed by atoms with van der Waals surface area (Å²) in [6.07, 6.45) is 10.5. The highest BCUT2D eigenvalue weighted by molar-refractivity contribution is 5.21. The maximum absolute atomic E-state index is 3.75. The lowest BCUT2D eigenvalue weighted by molar-refractivity contribution is 0.355. The molecule has 1 nitrogen and oxygen atoms in total. The van der Waals surface area contributed by atoms with Gasteiger partial charge in [0.15, 0.2) is 0 Å². The van der Waals surface area contributed by atoms with Crippen LogP contribution < -0.4 is 0 Å². The second-order valence-electron chi connectivity index (χ2n) is 3.31. The van der Waals surface area contributed by atoms with Crippen molar-refractivity contribution in [1.29, 1.82) is 0 Å². The fourth-order valence-corrected chi connectivity index (χ4v) is 1.47. The first kappa shape index (κ1) is 13.0. The van der Waals surface area contributed by atoms with Gasteiger partial charge >= 0.3 is 0 Å². The largest absolute Gasteiger partial charge is 0.372 e. The molecule has 0 fully saturated rings. The normalized spacial score (nSPS) is 12.1. The molecule has 0 atom stereocenters. The zero-order chi connectivity index (χ0) is 10.8. The zero-order valence-corrected chi connectivity index (χ0v) is 9.79. The topological polar surface area (TPSA) is 3.24 Å². The van der Waals surface area contributed by atoms with Crippen LogP contribution in [0.25, 0.3) is 0 Å². The van der Waals surface area contributed by atoms with Crippen LogP contribution in [-0.2, 0) is 0 Å². The fourth-order valence-electron chi connectivity index (χ4n) is 1.47. The first-order chi connectivity index (χ1) is 6.79. The zero-order valence-electron chi connectivity index (χ0n) is 9.79. The third-order valence-electron chi connectivity index (χ3n) is 1.98. The molecule has 0 bridgehead atoms. The lowest BCUT2D eigenvalue weighted by atomic mass is 10.2. The number of allylic oxidation sites excluding steroid dienone is 4. The summed E-state index contributed by atoms with van der Waals surface area (Å²) < 4.78 is 0. The third kappa shape index (κ3) is 4.90. The van der Waals surface area contributed by atoms with Gasteiger partial charge in [0.05, 0.1) is 0 Å². The van der Waals surface area contributed by atoms with Crippen molar-refractivity contribution in [3.8, 4) is 0 Å². The number of nitrogens with zero attached hydrogens (tertiary/aromatic N) is 1. The number of hydrogen-bond acceptors (Lipinski definition) is 1. The van der Waals surface area contributed by atoms with E-state index in [0.717, 1.165) is 13.1 Å². The van der Waals surface area contributed by atoms with E-state index in [-0.39, 0.29) is 0 Å². The van der Waals surface area contributed by atoms with E-state index >= 15 is 0 Å². The van der Waals surface area contributed by atoms with Gasteiger partial charge < -0.3 is 4.90 Å². The maximum atomic E-state index is 3.75. The molecule has 14 heavy (non-hydrogen) atoms. The third-order valence-corrected chi connectivity index (χ3v) is 1.98. The second-order valence-corrected chi connectivity index (χ2v) is 3.31. The molecular formula is C13H23N. The minimum Gasteiger partial charge on any atom is -0.372 e. The molecular weight excluding hydrogens is 170 g/mol. The SMILES string of the molecule is C=C/C=C(\C=C/C)N(CCC)CCC. The standard InChI is InChI=1S/C13H23N/c1-5-9-13(10-6-2)14(11-7-3)12-8-4/h5-6,9-10H,1,7-8,11-12H2,2-4H3/b10-6-,13-9+. The van der Waals surface area contributed by atoms with Crippen molar-refractivity contribution >= 4 is 0 Å². The minimum absolute atomic E-state index is 1.12. The highest BCUT2D eigenvalue weighted by atomic mass is 15.1. The molecule has 0 saturated carbocycles. The summed E-state index contributed by atoms with van der Waals surface area (Å²) in [7, 11) is 0. The van der Waals surface area contributed by atoms with Gasteiger partial charge in [-0.1, -0.05) is 32.6 Å². The Kier molecular flexibility index (Phi) is 8.01. The smallest absolute Gasteiger partial charge is 0.0362 e. The average Bonchev–Trinajstić information content (AvgIpc) is 2.17. The van der Waals surface area contributed by atoms with Gasteiger partial charge in [-0.25, -0.2) is 0 Å². The van der Waals surface area contributed by atoms with Gasteiger partial charge in [0.1, 0.15) is 0 Å². The molecule has 0 aromatic heterocycles. The summed E-state index contributed by atoms with van der Waals surface area (Å²) in [6.45, 7) is 12.5. The molecule has 0 spiro atoms. The Morgan fingerprint density at radius 1 is 1.21 bits per heavy atom. The molecule has 0 aromatic carbocycles. The van der Waals surface area contributed by atoms with E-state index in [2.05, 4.69) is 43.6 Å². The Balaban J connectivity index is 4.53. The monoisotopic (exact) mass is 193 g/mol. The Labute approximate surface area is 88.8 Å². The molecule has 0 aromatic rings. The van der Waals surface area contributed by atoms with Crippen molar-refractivity contribution in [1.82, 2.24) is 4.90 Å². The van der Waals surface area contributed by atoms with E-state index < -0.39 is 0 Å². The molecule has 0 unspecified atom stereocenters. The molecule has 0 amide bonds. The Bertz CT molecular complexity index is 195. The van der Waals surface area contributed by atoms with E-state index in [1.165, 1.54) is 18.5 Å². The van der Waals surface area contributed by atoms with Gasteiger partial charge in [-0.2, -0.15) is 0 Å². The van der Waals surface area contributed by atoms with Gasteiger partial charge in [-0.05, 0) is 31.9 Å². The van der Waals surface area contributed by atoms with E-state index in [4.69, 9.17) is 0 Å². The summed E-state index contributed by atoms with van der Waals surface area (Å²) in [5, 5.41) is 0. The molecule has 0 aliphatic carbocycles. The lowest BCUT2D eigenvalue weighted by Gasteiger charge is -2.24. The van der Waals surface area contributed by atoms with E-state index in [1.54, 1.807) is 0 Å². The quantitative estimate of drug-likeness (QED) is 0.556. The van der Waals surface area contributed by atoms with Crippen LogP contribution in [0.5, 0.6) is 0 Å². The Morgan fingerprint density at radius 2 is 1.79 bits per heavy atom. The highest BCUT2D eigenvalue weighted by Gasteiger charge is 2.02. The van der Waals surface area contributed by atoms with Crippen molar-refractivity contribution in [2.45, 2.75) is 33.6 Å². The van der Waals surface area contributed by atoms with E-state index in [0.29, 0.717) is 0 Å². The highest BCUT2D eigenvalue weighted by Crippen LogP contribution is 2.08. The lowest BCUT2D eigenvalue weighted by Crippen LogP contribution is -2.23. The molecule has 0 aliphatic rings. The molecule has 0 saturated heterocycles.